The fourth-order valence-corrected chi connectivity index (χ4v) is 3.34. The van der Waals surface area contributed by atoms with E-state index in [0.29, 0.717) is 12.1 Å². The van der Waals surface area contributed by atoms with E-state index < -0.39 is 0 Å². The Morgan fingerprint density at radius 3 is 2.37 bits per heavy atom. The van der Waals surface area contributed by atoms with E-state index >= 15 is 0 Å². The average Bonchev–Trinajstić information content (AvgIpc) is 2.31. The summed E-state index contributed by atoms with van der Waals surface area (Å²) in [5.74, 6) is 1.64. The van der Waals surface area contributed by atoms with Crippen LogP contribution < -0.4 is 5.32 Å². The molecule has 0 aromatic carbocycles. The predicted octanol–water partition coefficient (Wildman–Crippen LogP) is 2.49. The normalized spacial score (nSPS) is 30.3. The van der Waals surface area contributed by atoms with Crippen LogP contribution in [0.2, 0.25) is 0 Å². The maximum absolute atomic E-state index is 9.69. The Hall–Kier alpha value is -0.120. The quantitative estimate of drug-likeness (QED) is 0.778. The van der Waals surface area contributed by atoms with Crippen LogP contribution in [0.5, 0.6) is 0 Å². The SMILES string of the molecule is CC(C)NC(C)(CO)CC(C)N1CCC(C)C(C)C1. The van der Waals surface area contributed by atoms with Crippen LogP contribution in [0.3, 0.4) is 0 Å². The minimum atomic E-state index is -0.167. The number of hydrogen-bond donors (Lipinski definition) is 2. The fraction of sp³-hybridized carbons (Fsp3) is 1.00. The van der Waals surface area contributed by atoms with Gasteiger partial charge in [-0.1, -0.05) is 27.7 Å². The van der Waals surface area contributed by atoms with Crippen LogP contribution >= 0.6 is 0 Å². The van der Waals surface area contributed by atoms with Crippen LogP contribution in [0.4, 0.5) is 0 Å². The van der Waals surface area contributed by atoms with Gasteiger partial charge in [0, 0.05) is 24.2 Å². The molecule has 1 heterocycles. The smallest absolute Gasteiger partial charge is 0.0611 e. The van der Waals surface area contributed by atoms with E-state index in [9.17, 15) is 5.11 Å². The molecule has 4 atom stereocenters. The highest BCUT2D eigenvalue weighted by Crippen LogP contribution is 2.26. The second-order valence-corrected chi connectivity index (χ2v) is 7.31. The maximum Gasteiger partial charge on any atom is 0.0611 e. The molecule has 0 amide bonds. The van der Waals surface area contributed by atoms with E-state index in [-0.39, 0.29) is 12.1 Å². The van der Waals surface area contributed by atoms with Crippen LogP contribution in [-0.2, 0) is 0 Å². The zero-order valence-electron chi connectivity index (χ0n) is 13.7. The minimum Gasteiger partial charge on any atom is -0.394 e. The zero-order chi connectivity index (χ0) is 14.6. The van der Waals surface area contributed by atoms with Crippen LogP contribution in [0, 0.1) is 11.8 Å². The summed E-state index contributed by atoms with van der Waals surface area (Å²) in [6.45, 7) is 16.1. The summed E-state index contributed by atoms with van der Waals surface area (Å²) < 4.78 is 0. The number of nitrogens with zero attached hydrogens (tertiary/aromatic N) is 1. The van der Waals surface area contributed by atoms with Crippen molar-refractivity contribution < 1.29 is 5.11 Å². The Morgan fingerprint density at radius 1 is 1.26 bits per heavy atom. The molecule has 114 valence electrons. The summed E-state index contributed by atoms with van der Waals surface area (Å²) in [5, 5.41) is 13.2. The molecule has 0 aromatic heterocycles. The van der Waals surface area contributed by atoms with Crippen molar-refractivity contribution in [1.29, 1.82) is 0 Å². The highest BCUT2D eigenvalue weighted by Gasteiger charge is 2.31. The molecular formula is C16H34N2O. The largest absolute Gasteiger partial charge is 0.394 e. The Kier molecular flexibility index (Phi) is 6.28. The van der Waals surface area contributed by atoms with Crippen molar-refractivity contribution in [2.75, 3.05) is 19.7 Å². The van der Waals surface area contributed by atoms with E-state index in [1.165, 1.54) is 19.5 Å². The molecule has 2 N–H and O–H groups in total. The molecule has 0 radical (unpaired) electrons. The first-order chi connectivity index (χ1) is 8.77. The molecule has 1 aliphatic heterocycles. The lowest BCUT2D eigenvalue weighted by Gasteiger charge is -2.42. The summed E-state index contributed by atoms with van der Waals surface area (Å²) in [4.78, 5) is 2.60. The van der Waals surface area contributed by atoms with Gasteiger partial charge in [0.1, 0.15) is 0 Å². The first-order valence-electron chi connectivity index (χ1n) is 7.90. The molecule has 19 heavy (non-hydrogen) atoms. The number of aliphatic hydroxyl groups excluding tert-OH is 1. The van der Waals surface area contributed by atoms with E-state index in [1.807, 2.05) is 0 Å². The average molecular weight is 270 g/mol. The van der Waals surface area contributed by atoms with Crippen molar-refractivity contribution in [2.24, 2.45) is 11.8 Å². The van der Waals surface area contributed by atoms with Crippen molar-refractivity contribution in [3.63, 3.8) is 0 Å². The van der Waals surface area contributed by atoms with Gasteiger partial charge in [0.25, 0.3) is 0 Å². The molecule has 3 heteroatoms. The number of piperidine rings is 1. The van der Waals surface area contributed by atoms with Gasteiger partial charge in [-0.05, 0) is 45.1 Å². The molecule has 1 fully saturated rings. The molecular weight excluding hydrogens is 236 g/mol. The van der Waals surface area contributed by atoms with Gasteiger partial charge in [0.15, 0.2) is 0 Å². The van der Waals surface area contributed by atoms with Crippen molar-refractivity contribution in [3.05, 3.63) is 0 Å². The molecule has 4 unspecified atom stereocenters. The Labute approximate surface area is 119 Å². The third kappa shape index (κ3) is 5.05. The Balaban J connectivity index is 2.55. The van der Waals surface area contributed by atoms with E-state index in [1.54, 1.807) is 0 Å². The number of nitrogens with one attached hydrogen (secondary N) is 1. The van der Waals surface area contributed by atoms with Crippen LogP contribution in [0.1, 0.15) is 54.4 Å². The minimum absolute atomic E-state index is 0.167. The summed E-state index contributed by atoms with van der Waals surface area (Å²) >= 11 is 0. The van der Waals surface area contributed by atoms with Gasteiger partial charge in [0.05, 0.1) is 6.61 Å². The first kappa shape index (κ1) is 16.9. The Bertz CT molecular complexity index is 269. The van der Waals surface area contributed by atoms with Gasteiger partial charge in [0.2, 0.25) is 0 Å². The lowest BCUT2D eigenvalue weighted by atomic mass is 9.86. The molecule has 0 aromatic rings. The molecule has 0 spiro atoms. The number of likely N-dealkylation sites (tertiary alicyclic amines) is 1. The highest BCUT2D eigenvalue weighted by molar-refractivity contribution is 4.90. The molecule has 3 nitrogen and oxygen atoms in total. The molecule has 1 saturated heterocycles. The summed E-state index contributed by atoms with van der Waals surface area (Å²) in [7, 11) is 0. The molecule has 1 aliphatic rings. The maximum atomic E-state index is 9.69. The lowest BCUT2D eigenvalue weighted by molar-refractivity contribution is 0.0667. The zero-order valence-corrected chi connectivity index (χ0v) is 13.7. The van der Waals surface area contributed by atoms with Crippen molar-refractivity contribution in [1.82, 2.24) is 10.2 Å². The van der Waals surface area contributed by atoms with Crippen LogP contribution in [-0.4, -0.2) is 47.3 Å². The van der Waals surface area contributed by atoms with Crippen LogP contribution in [0.15, 0.2) is 0 Å². The van der Waals surface area contributed by atoms with Gasteiger partial charge in [-0.15, -0.1) is 0 Å². The second kappa shape index (κ2) is 7.05. The molecule has 0 saturated carbocycles. The van der Waals surface area contributed by atoms with E-state index in [0.717, 1.165) is 18.3 Å². The monoisotopic (exact) mass is 270 g/mol. The van der Waals surface area contributed by atoms with E-state index in [2.05, 4.69) is 51.8 Å². The fourth-order valence-electron chi connectivity index (χ4n) is 3.34. The van der Waals surface area contributed by atoms with Crippen LogP contribution in [0.25, 0.3) is 0 Å². The number of hydrogen-bond acceptors (Lipinski definition) is 3. The van der Waals surface area contributed by atoms with Crippen molar-refractivity contribution >= 4 is 0 Å². The topological polar surface area (TPSA) is 35.5 Å². The Morgan fingerprint density at radius 2 is 1.89 bits per heavy atom. The highest BCUT2D eigenvalue weighted by atomic mass is 16.3. The van der Waals surface area contributed by atoms with Crippen molar-refractivity contribution in [2.45, 2.75) is 72.0 Å². The summed E-state index contributed by atoms with van der Waals surface area (Å²) in [6, 6.07) is 0.933. The number of rotatable bonds is 6. The van der Waals surface area contributed by atoms with Gasteiger partial charge in [-0.3, -0.25) is 0 Å². The standard InChI is InChI=1S/C16H34N2O/c1-12(2)17-16(6,11-19)9-15(5)18-8-7-13(3)14(4)10-18/h12-15,17,19H,7-11H2,1-6H3. The molecule has 0 aliphatic carbocycles. The third-order valence-corrected chi connectivity index (χ3v) is 4.72. The first-order valence-corrected chi connectivity index (χ1v) is 7.90. The van der Waals surface area contributed by atoms with Gasteiger partial charge >= 0.3 is 0 Å². The second-order valence-electron chi connectivity index (χ2n) is 7.31. The summed E-state index contributed by atoms with van der Waals surface area (Å²) in [5.41, 5.74) is -0.167. The molecule has 1 rings (SSSR count). The van der Waals surface area contributed by atoms with Crippen molar-refractivity contribution in [3.8, 4) is 0 Å². The van der Waals surface area contributed by atoms with Gasteiger partial charge < -0.3 is 15.3 Å². The van der Waals surface area contributed by atoms with E-state index in [4.69, 9.17) is 0 Å². The third-order valence-electron chi connectivity index (χ3n) is 4.72. The molecule has 0 bridgehead atoms. The number of aliphatic hydroxyl groups is 1. The predicted molar refractivity (Wildman–Crippen MR) is 82.4 cm³/mol. The van der Waals surface area contributed by atoms with Gasteiger partial charge in [-0.25, -0.2) is 0 Å². The van der Waals surface area contributed by atoms with Gasteiger partial charge in [-0.2, -0.15) is 0 Å². The summed E-state index contributed by atoms with van der Waals surface area (Å²) in [6.07, 6.45) is 2.31. The lowest BCUT2D eigenvalue weighted by Crippen LogP contribution is -2.54.